The summed E-state index contributed by atoms with van der Waals surface area (Å²) in [5, 5.41) is 11.3. The van der Waals surface area contributed by atoms with Gasteiger partial charge in [0.15, 0.2) is 5.78 Å². The number of pyridine rings is 1. The van der Waals surface area contributed by atoms with Crippen LogP contribution in [0.25, 0.3) is 5.70 Å². The first kappa shape index (κ1) is 18.8. The molecule has 3 N–H and O–H groups in total. The maximum Gasteiger partial charge on any atom is 0.194 e. The van der Waals surface area contributed by atoms with Crippen molar-refractivity contribution in [3.63, 3.8) is 0 Å². The lowest BCUT2D eigenvalue weighted by molar-refractivity contribution is 0.0988. The lowest BCUT2D eigenvalue weighted by Gasteiger charge is -2.18. The van der Waals surface area contributed by atoms with E-state index in [0.29, 0.717) is 21.7 Å². The zero-order valence-electron chi connectivity index (χ0n) is 14.1. The number of aliphatic hydroxyl groups is 1. The molecule has 1 unspecified atom stereocenters. The highest BCUT2D eigenvalue weighted by molar-refractivity contribution is 6.30. The van der Waals surface area contributed by atoms with Crippen molar-refractivity contribution in [2.45, 2.75) is 6.10 Å². The van der Waals surface area contributed by atoms with E-state index in [9.17, 15) is 14.3 Å². The summed E-state index contributed by atoms with van der Waals surface area (Å²) >= 11 is 5.89. The molecular weight excluding hydrogens is 367 g/mol. The zero-order valence-corrected chi connectivity index (χ0v) is 14.9. The minimum absolute atomic E-state index is 0.0167. The van der Waals surface area contributed by atoms with Crippen LogP contribution in [0.15, 0.2) is 78.6 Å². The SMILES string of the molecule is NC(=C(C(=O)c1ccc(Cl)cc1)C(O)c1cccnc1)c1ccc(F)cc1. The first-order valence-electron chi connectivity index (χ1n) is 8.11. The van der Waals surface area contributed by atoms with Crippen LogP contribution >= 0.6 is 11.6 Å². The molecule has 0 fully saturated rings. The van der Waals surface area contributed by atoms with Crippen LogP contribution in [0, 0.1) is 5.82 Å². The Morgan fingerprint density at radius 3 is 2.26 bits per heavy atom. The van der Waals surface area contributed by atoms with Crippen molar-refractivity contribution in [3.05, 3.63) is 106 Å². The number of benzene rings is 2. The molecule has 4 nitrogen and oxygen atoms in total. The van der Waals surface area contributed by atoms with Crippen molar-refractivity contribution in [2.24, 2.45) is 5.73 Å². The number of hydrogen-bond donors (Lipinski definition) is 2. The Balaban J connectivity index is 2.13. The number of carbonyl (C=O) groups is 1. The zero-order chi connectivity index (χ0) is 19.4. The second-order valence-electron chi connectivity index (χ2n) is 5.86. The number of nitrogens with two attached hydrogens (primary N) is 1. The lowest BCUT2D eigenvalue weighted by Crippen LogP contribution is -2.18. The van der Waals surface area contributed by atoms with Gasteiger partial charge in [-0.05, 0) is 60.2 Å². The van der Waals surface area contributed by atoms with E-state index in [0.717, 1.165) is 0 Å². The van der Waals surface area contributed by atoms with Crippen LogP contribution in [0.2, 0.25) is 5.02 Å². The molecule has 0 saturated heterocycles. The third-order valence-corrected chi connectivity index (χ3v) is 4.32. The summed E-state index contributed by atoms with van der Waals surface area (Å²) in [6.45, 7) is 0. The number of hydrogen-bond acceptors (Lipinski definition) is 4. The monoisotopic (exact) mass is 382 g/mol. The first-order chi connectivity index (χ1) is 13.0. The molecule has 2 aromatic carbocycles. The Labute approximate surface area is 160 Å². The molecule has 0 radical (unpaired) electrons. The lowest BCUT2D eigenvalue weighted by atomic mass is 9.91. The summed E-state index contributed by atoms with van der Waals surface area (Å²) in [6, 6.07) is 14.9. The molecule has 3 aromatic rings. The summed E-state index contributed by atoms with van der Waals surface area (Å²) in [6.07, 6.45) is 1.72. The van der Waals surface area contributed by atoms with Gasteiger partial charge in [0.1, 0.15) is 11.9 Å². The third-order valence-electron chi connectivity index (χ3n) is 4.07. The van der Waals surface area contributed by atoms with E-state index in [1.165, 1.54) is 30.5 Å². The van der Waals surface area contributed by atoms with Gasteiger partial charge in [-0.2, -0.15) is 0 Å². The van der Waals surface area contributed by atoms with Gasteiger partial charge in [0.05, 0.1) is 5.57 Å². The van der Waals surface area contributed by atoms with Gasteiger partial charge in [0.25, 0.3) is 0 Å². The van der Waals surface area contributed by atoms with Crippen molar-refractivity contribution in [2.75, 3.05) is 0 Å². The molecule has 136 valence electrons. The standard InChI is InChI=1S/C21H16ClFN2O2/c22-16-7-3-14(4-8-16)20(26)18(21(27)15-2-1-11-25-12-15)19(24)13-5-9-17(23)10-6-13/h1-12,21,27H,24H2. The number of nitrogens with zero attached hydrogens (tertiary/aromatic N) is 1. The summed E-state index contributed by atoms with van der Waals surface area (Å²) in [4.78, 5) is 17.1. The van der Waals surface area contributed by atoms with Gasteiger partial charge in [0, 0.05) is 34.2 Å². The Morgan fingerprint density at radius 2 is 1.67 bits per heavy atom. The maximum atomic E-state index is 13.2. The number of rotatable bonds is 5. The van der Waals surface area contributed by atoms with Crippen LogP contribution in [-0.2, 0) is 0 Å². The second-order valence-corrected chi connectivity index (χ2v) is 6.30. The Bertz CT molecular complexity index is 971. The Morgan fingerprint density at radius 1 is 1.04 bits per heavy atom. The van der Waals surface area contributed by atoms with Gasteiger partial charge in [-0.15, -0.1) is 0 Å². The minimum atomic E-state index is -1.30. The summed E-state index contributed by atoms with van der Waals surface area (Å²) in [7, 11) is 0. The average molecular weight is 383 g/mol. The largest absolute Gasteiger partial charge is 0.398 e. The number of halogens is 2. The van der Waals surface area contributed by atoms with E-state index in [2.05, 4.69) is 4.98 Å². The maximum absolute atomic E-state index is 13.2. The molecule has 1 aromatic heterocycles. The van der Waals surface area contributed by atoms with Crippen LogP contribution < -0.4 is 5.73 Å². The van der Waals surface area contributed by atoms with E-state index in [4.69, 9.17) is 17.3 Å². The molecule has 27 heavy (non-hydrogen) atoms. The molecule has 1 atom stereocenters. The number of ketones is 1. The molecular formula is C21H16ClFN2O2. The molecule has 0 saturated carbocycles. The quantitative estimate of drug-likeness (QED) is 0.513. The number of Topliss-reactive ketones (excluding diaryl/α,β-unsaturated/α-hetero) is 1. The molecule has 0 spiro atoms. The average Bonchev–Trinajstić information content (AvgIpc) is 2.69. The topological polar surface area (TPSA) is 76.2 Å². The van der Waals surface area contributed by atoms with Gasteiger partial charge >= 0.3 is 0 Å². The van der Waals surface area contributed by atoms with Gasteiger partial charge < -0.3 is 10.8 Å². The Hall–Kier alpha value is -3.02. The molecule has 0 aliphatic heterocycles. The minimum Gasteiger partial charge on any atom is -0.398 e. The van der Waals surface area contributed by atoms with Crippen molar-refractivity contribution < 1.29 is 14.3 Å². The molecule has 0 bridgehead atoms. The number of aromatic nitrogens is 1. The summed E-state index contributed by atoms with van der Waals surface area (Å²) in [5.41, 5.74) is 7.44. The normalized spacial score (nSPS) is 13.0. The fraction of sp³-hybridized carbons (Fsp3) is 0.0476. The molecule has 1 heterocycles. The smallest absolute Gasteiger partial charge is 0.194 e. The predicted molar refractivity (Wildman–Crippen MR) is 102 cm³/mol. The molecule has 3 rings (SSSR count). The predicted octanol–water partition coefficient (Wildman–Crippen LogP) is 4.16. The molecule has 0 amide bonds. The number of carbonyl (C=O) groups excluding carboxylic acids is 1. The fourth-order valence-electron chi connectivity index (χ4n) is 2.64. The fourth-order valence-corrected chi connectivity index (χ4v) is 2.77. The van der Waals surface area contributed by atoms with Crippen molar-refractivity contribution >= 4 is 23.1 Å². The Kier molecular flexibility index (Phi) is 5.64. The van der Waals surface area contributed by atoms with Crippen LogP contribution in [-0.4, -0.2) is 15.9 Å². The first-order valence-corrected chi connectivity index (χ1v) is 8.49. The van der Waals surface area contributed by atoms with Crippen molar-refractivity contribution in [1.29, 1.82) is 0 Å². The van der Waals surface area contributed by atoms with E-state index in [1.807, 2.05) is 0 Å². The van der Waals surface area contributed by atoms with Crippen LogP contribution in [0.4, 0.5) is 4.39 Å². The van der Waals surface area contributed by atoms with E-state index in [-0.39, 0.29) is 11.3 Å². The number of aliphatic hydroxyl groups excluding tert-OH is 1. The molecule has 0 aliphatic carbocycles. The second kappa shape index (κ2) is 8.12. The van der Waals surface area contributed by atoms with Crippen LogP contribution in [0.5, 0.6) is 0 Å². The summed E-state index contributed by atoms with van der Waals surface area (Å²) in [5.74, 6) is -0.880. The third kappa shape index (κ3) is 4.22. The van der Waals surface area contributed by atoms with Crippen LogP contribution in [0.1, 0.15) is 27.6 Å². The highest BCUT2D eigenvalue weighted by Gasteiger charge is 2.25. The van der Waals surface area contributed by atoms with Gasteiger partial charge in [-0.1, -0.05) is 17.7 Å². The highest BCUT2D eigenvalue weighted by Crippen LogP contribution is 2.29. The molecule has 6 heteroatoms. The van der Waals surface area contributed by atoms with Crippen LogP contribution in [0.3, 0.4) is 0 Å². The van der Waals surface area contributed by atoms with Gasteiger partial charge in [-0.3, -0.25) is 9.78 Å². The van der Waals surface area contributed by atoms with Gasteiger partial charge in [-0.25, -0.2) is 4.39 Å². The van der Waals surface area contributed by atoms with Gasteiger partial charge in [0.2, 0.25) is 0 Å². The van der Waals surface area contributed by atoms with Crippen molar-refractivity contribution in [1.82, 2.24) is 4.98 Å². The van der Waals surface area contributed by atoms with E-state index < -0.39 is 17.7 Å². The van der Waals surface area contributed by atoms with E-state index in [1.54, 1.807) is 42.6 Å². The summed E-state index contributed by atoms with van der Waals surface area (Å²) < 4.78 is 13.2. The molecule has 0 aliphatic rings. The van der Waals surface area contributed by atoms with E-state index >= 15 is 0 Å². The van der Waals surface area contributed by atoms with Crippen molar-refractivity contribution in [3.8, 4) is 0 Å². The highest BCUT2D eigenvalue weighted by atomic mass is 35.5.